The fourth-order valence-corrected chi connectivity index (χ4v) is 2.90. The van der Waals surface area contributed by atoms with E-state index in [-0.39, 0.29) is 11.9 Å². The summed E-state index contributed by atoms with van der Waals surface area (Å²) in [6.45, 7) is 3.62. The summed E-state index contributed by atoms with van der Waals surface area (Å²) in [4.78, 5) is 16.2. The van der Waals surface area contributed by atoms with Crippen LogP contribution in [-0.4, -0.2) is 48.8 Å². The topological polar surface area (TPSA) is 23.6 Å². The molecule has 0 aromatic heterocycles. The van der Waals surface area contributed by atoms with Gasteiger partial charge in [-0.15, -0.1) is 11.6 Å². The minimum absolute atomic E-state index is 0.230. The van der Waals surface area contributed by atoms with E-state index in [9.17, 15) is 4.79 Å². The lowest BCUT2D eigenvalue weighted by atomic mass is 10.0. The van der Waals surface area contributed by atoms with E-state index in [0.29, 0.717) is 18.2 Å². The monoisotopic (exact) mass is 294 g/mol. The molecule has 1 aromatic carbocycles. The SMILES string of the molecule is Cc1ccc(C(CN2CC(CCl)CC2=O)N(C)C)cc1. The zero-order valence-corrected chi connectivity index (χ0v) is 13.2. The summed E-state index contributed by atoms with van der Waals surface area (Å²) in [7, 11) is 4.12. The third kappa shape index (κ3) is 3.53. The van der Waals surface area contributed by atoms with Gasteiger partial charge in [0.05, 0.1) is 6.04 Å². The maximum absolute atomic E-state index is 12.0. The Morgan fingerprint density at radius 2 is 2.00 bits per heavy atom. The lowest BCUT2D eigenvalue weighted by Gasteiger charge is -2.29. The number of alkyl halides is 1. The second-order valence-electron chi connectivity index (χ2n) is 5.91. The molecule has 1 heterocycles. The number of carbonyl (C=O) groups excluding carboxylic acids is 1. The maximum Gasteiger partial charge on any atom is 0.223 e. The highest BCUT2D eigenvalue weighted by molar-refractivity contribution is 6.18. The van der Waals surface area contributed by atoms with E-state index < -0.39 is 0 Å². The molecule has 1 fully saturated rings. The largest absolute Gasteiger partial charge is 0.340 e. The van der Waals surface area contributed by atoms with Gasteiger partial charge in [0, 0.05) is 25.4 Å². The average molecular weight is 295 g/mol. The second-order valence-corrected chi connectivity index (χ2v) is 6.22. The molecule has 2 unspecified atom stereocenters. The van der Waals surface area contributed by atoms with E-state index in [2.05, 4.69) is 50.2 Å². The summed E-state index contributed by atoms with van der Waals surface area (Å²) < 4.78 is 0. The van der Waals surface area contributed by atoms with Crippen LogP contribution in [0.25, 0.3) is 0 Å². The van der Waals surface area contributed by atoms with Crippen molar-refractivity contribution >= 4 is 17.5 Å². The molecular weight excluding hydrogens is 272 g/mol. The number of aryl methyl sites for hydroxylation is 1. The molecule has 110 valence electrons. The Labute approximate surface area is 126 Å². The standard InChI is InChI=1S/C16H23ClN2O/c1-12-4-6-14(7-5-12)15(18(2)3)11-19-10-13(9-17)8-16(19)20/h4-7,13,15H,8-11H2,1-3H3. The van der Waals surface area contributed by atoms with E-state index >= 15 is 0 Å². The van der Waals surface area contributed by atoms with Crippen LogP contribution in [0.3, 0.4) is 0 Å². The van der Waals surface area contributed by atoms with E-state index in [0.717, 1.165) is 13.1 Å². The highest BCUT2D eigenvalue weighted by Gasteiger charge is 2.31. The molecule has 0 saturated carbocycles. The van der Waals surface area contributed by atoms with Crippen LogP contribution < -0.4 is 0 Å². The molecule has 1 aromatic rings. The molecule has 2 atom stereocenters. The Bertz CT molecular complexity index is 458. The van der Waals surface area contributed by atoms with Gasteiger partial charge < -0.3 is 9.80 Å². The molecule has 0 aliphatic carbocycles. The maximum atomic E-state index is 12.0. The van der Waals surface area contributed by atoms with Crippen molar-refractivity contribution in [3.63, 3.8) is 0 Å². The smallest absolute Gasteiger partial charge is 0.223 e. The Morgan fingerprint density at radius 1 is 1.35 bits per heavy atom. The van der Waals surface area contributed by atoms with Gasteiger partial charge >= 0.3 is 0 Å². The zero-order valence-electron chi connectivity index (χ0n) is 12.5. The van der Waals surface area contributed by atoms with Gasteiger partial charge in [-0.2, -0.15) is 0 Å². The lowest BCUT2D eigenvalue weighted by molar-refractivity contribution is -0.128. The normalized spacial score (nSPS) is 20.8. The summed E-state index contributed by atoms with van der Waals surface area (Å²) in [5, 5.41) is 0. The van der Waals surface area contributed by atoms with Crippen molar-refractivity contribution in [2.24, 2.45) is 5.92 Å². The van der Waals surface area contributed by atoms with Crippen molar-refractivity contribution in [2.75, 3.05) is 33.1 Å². The predicted molar refractivity (Wildman–Crippen MR) is 83.0 cm³/mol. The third-order valence-corrected chi connectivity index (χ3v) is 4.43. The van der Waals surface area contributed by atoms with Gasteiger partial charge in [0.25, 0.3) is 0 Å². The molecule has 1 saturated heterocycles. The van der Waals surface area contributed by atoms with Gasteiger partial charge in [-0.1, -0.05) is 29.8 Å². The number of rotatable bonds is 5. The number of benzene rings is 1. The molecule has 0 spiro atoms. The van der Waals surface area contributed by atoms with E-state index in [1.165, 1.54) is 11.1 Å². The summed E-state index contributed by atoms with van der Waals surface area (Å²) in [5.41, 5.74) is 2.51. The molecule has 1 aliphatic heterocycles. The highest BCUT2D eigenvalue weighted by atomic mass is 35.5. The molecule has 2 rings (SSSR count). The number of carbonyl (C=O) groups is 1. The summed E-state index contributed by atoms with van der Waals surface area (Å²) in [6, 6.07) is 8.78. The fraction of sp³-hybridized carbons (Fsp3) is 0.562. The first-order valence-electron chi connectivity index (χ1n) is 7.08. The van der Waals surface area contributed by atoms with E-state index in [4.69, 9.17) is 11.6 Å². The van der Waals surface area contributed by atoms with Crippen molar-refractivity contribution in [3.8, 4) is 0 Å². The Balaban J connectivity index is 2.10. The second kappa shape index (κ2) is 6.59. The predicted octanol–water partition coefficient (Wildman–Crippen LogP) is 2.69. The van der Waals surface area contributed by atoms with Crippen LogP contribution in [0.4, 0.5) is 0 Å². The van der Waals surface area contributed by atoms with Gasteiger partial charge in [0.15, 0.2) is 0 Å². The lowest BCUT2D eigenvalue weighted by Crippen LogP contribution is -2.35. The van der Waals surface area contributed by atoms with Crippen LogP contribution in [0.15, 0.2) is 24.3 Å². The quantitative estimate of drug-likeness (QED) is 0.780. The van der Waals surface area contributed by atoms with Crippen LogP contribution in [-0.2, 0) is 4.79 Å². The molecule has 3 nitrogen and oxygen atoms in total. The number of hydrogen-bond donors (Lipinski definition) is 0. The van der Waals surface area contributed by atoms with Crippen LogP contribution in [0, 0.1) is 12.8 Å². The number of likely N-dealkylation sites (tertiary alicyclic amines) is 1. The number of amides is 1. The first-order valence-corrected chi connectivity index (χ1v) is 7.61. The number of hydrogen-bond acceptors (Lipinski definition) is 2. The van der Waals surface area contributed by atoms with Crippen molar-refractivity contribution in [3.05, 3.63) is 35.4 Å². The molecule has 0 bridgehead atoms. The van der Waals surface area contributed by atoms with Gasteiger partial charge in [0.2, 0.25) is 5.91 Å². The summed E-state index contributed by atoms with van der Waals surface area (Å²) in [6.07, 6.45) is 0.595. The fourth-order valence-electron chi connectivity index (χ4n) is 2.70. The van der Waals surface area contributed by atoms with Crippen LogP contribution >= 0.6 is 11.6 Å². The van der Waals surface area contributed by atoms with Crippen molar-refractivity contribution in [1.82, 2.24) is 9.80 Å². The molecule has 20 heavy (non-hydrogen) atoms. The van der Waals surface area contributed by atoms with Gasteiger partial charge in [-0.25, -0.2) is 0 Å². The molecule has 1 aliphatic rings. The van der Waals surface area contributed by atoms with Crippen molar-refractivity contribution < 1.29 is 4.79 Å². The molecule has 0 radical (unpaired) electrons. The van der Waals surface area contributed by atoms with Crippen LogP contribution in [0.5, 0.6) is 0 Å². The highest BCUT2D eigenvalue weighted by Crippen LogP contribution is 2.25. The number of halogens is 1. The number of likely N-dealkylation sites (N-methyl/N-ethyl adjacent to an activating group) is 1. The Morgan fingerprint density at radius 3 is 2.50 bits per heavy atom. The van der Waals surface area contributed by atoms with E-state index in [1.54, 1.807) is 0 Å². The first-order chi connectivity index (χ1) is 9.51. The van der Waals surface area contributed by atoms with Gasteiger partial charge in [0.1, 0.15) is 0 Å². The van der Waals surface area contributed by atoms with Gasteiger partial charge in [-0.3, -0.25) is 4.79 Å². The summed E-state index contributed by atoms with van der Waals surface area (Å²) in [5.74, 6) is 1.11. The average Bonchev–Trinajstić information content (AvgIpc) is 2.77. The Kier molecular flexibility index (Phi) is 5.06. The zero-order chi connectivity index (χ0) is 14.7. The summed E-state index contributed by atoms with van der Waals surface area (Å²) >= 11 is 5.88. The number of nitrogens with zero attached hydrogens (tertiary/aromatic N) is 2. The molecule has 1 amide bonds. The van der Waals surface area contributed by atoms with Gasteiger partial charge in [-0.05, 0) is 32.5 Å². The van der Waals surface area contributed by atoms with Crippen molar-refractivity contribution in [1.29, 1.82) is 0 Å². The van der Waals surface area contributed by atoms with Crippen LogP contribution in [0.1, 0.15) is 23.6 Å². The van der Waals surface area contributed by atoms with Crippen molar-refractivity contribution in [2.45, 2.75) is 19.4 Å². The third-order valence-electron chi connectivity index (χ3n) is 3.99. The Hall–Kier alpha value is -1.06. The van der Waals surface area contributed by atoms with E-state index in [1.807, 2.05) is 4.90 Å². The van der Waals surface area contributed by atoms with Crippen LogP contribution in [0.2, 0.25) is 0 Å². The minimum Gasteiger partial charge on any atom is -0.340 e. The molecule has 0 N–H and O–H groups in total. The molecule has 4 heteroatoms. The molecular formula is C16H23ClN2O. The minimum atomic E-state index is 0.230. The first kappa shape index (κ1) is 15.3.